The molecule has 0 aliphatic rings. The van der Waals surface area contributed by atoms with Gasteiger partial charge in [-0.2, -0.15) is 0 Å². The fraction of sp³-hybridized carbons (Fsp3) is 0.500. The first-order valence-electron chi connectivity index (χ1n) is 5.07. The molecule has 1 aromatic rings. The minimum atomic E-state index is 0.146. The van der Waals surface area contributed by atoms with E-state index in [0.717, 1.165) is 11.4 Å². The number of methoxy groups -OCH3 is 1. The lowest BCUT2D eigenvalue weighted by Crippen LogP contribution is -2.22. The molecule has 0 radical (unpaired) electrons. The van der Waals surface area contributed by atoms with Crippen LogP contribution >= 0.6 is 0 Å². The third-order valence-corrected chi connectivity index (χ3v) is 2.45. The van der Waals surface area contributed by atoms with E-state index in [1.807, 2.05) is 24.9 Å². The Hall–Kier alpha value is -1.22. The average molecular weight is 209 g/mol. The van der Waals surface area contributed by atoms with Gasteiger partial charge in [-0.3, -0.25) is 0 Å². The lowest BCUT2D eigenvalue weighted by atomic mass is 10.1. The highest BCUT2D eigenvalue weighted by Gasteiger charge is 2.11. The van der Waals surface area contributed by atoms with Crippen molar-refractivity contribution in [3.05, 3.63) is 23.3 Å². The van der Waals surface area contributed by atoms with Gasteiger partial charge < -0.3 is 14.7 Å². The minimum Gasteiger partial charge on any atom is -0.495 e. The molecule has 0 amide bonds. The Morgan fingerprint density at radius 2 is 2.00 bits per heavy atom. The first-order chi connectivity index (χ1) is 7.10. The maximum absolute atomic E-state index is 8.92. The molecule has 84 valence electrons. The third kappa shape index (κ3) is 2.63. The SMILES string of the molecule is COc1cc(C)cc(C)c1N(C)CCO. The lowest BCUT2D eigenvalue weighted by molar-refractivity contribution is 0.303. The van der Waals surface area contributed by atoms with Crippen molar-refractivity contribution in [3.8, 4) is 5.75 Å². The van der Waals surface area contributed by atoms with Gasteiger partial charge in [0.15, 0.2) is 0 Å². The number of hydrogen-bond donors (Lipinski definition) is 1. The van der Waals surface area contributed by atoms with Crippen LogP contribution in [0.15, 0.2) is 12.1 Å². The number of ether oxygens (including phenoxy) is 1. The van der Waals surface area contributed by atoms with Crippen molar-refractivity contribution in [2.24, 2.45) is 0 Å². The van der Waals surface area contributed by atoms with E-state index in [-0.39, 0.29) is 6.61 Å². The molecule has 0 fully saturated rings. The molecule has 0 saturated carbocycles. The standard InChI is InChI=1S/C12H19NO2/c1-9-7-10(2)12(11(8-9)15-4)13(3)5-6-14/h7-8,14H,5-6H2,1-4H3. The summed E-state index contributed by atoms with van der Waals surface area (Å²) in [6.07, 6.45) is 0. The van der Waals surface area contributed by atoms with Gasteiger partial charge >= 0.3 is 0 Å². The summed E-state index contributed by atoms with van der Waals surface area (Å²) < 4.78 is 5.35. The zero-order valence-electron chi connectivity index (χ0n) is 9.87. The molecule has 0 aromatic heterocycles. The summed E-state index contributed by atoms with van der Waals surface area (Å²) in [5.74, 6) is 0.864. The van der Waals surface area contributed by atoms with E-state index in [1.165, 1.54) is 11.1 Å². The fourth-order valence-corrected chi connectivity index (χ4v) is 1.83. The number of aryl methyl sites for hydroxylation is 2. The van der Waals surface area contributed by atoms with E-state index >= 15 is 0 Å². The molecular weight excluding hydrogens is 190 g/mol. The lowest BCUT2D eigenvalue weighted by Gasteiger charge is -2.23. The number of aliphatic hydroxyl groups excluding tert-OH is 1. The summed E-state index contributed by atoms with van der Waals surface area (Å²) in [5.41, 5.74) is 3.41. The van der Waals surface area contributed by atoms with E-state index in [4.69, 9.17) is 9.84 Å². The van der Waals surface area contributed by atoms with Crippen LogP contribution in [0.25, 0.3) is 0 Å². The second-order valence-electron chi connectivity index (χ2n) is 3.78. The molecule has 0 atom stereocenters. The van der Waals surface area contributed by atoms with Gasteiger partial charge in [-0.15, -0.1) is 0 Å². The largest absolute Gasteiger partial charge is 0.495 e. The zero-order chi connectivity index (χ0) is 11.4. The normalized spacial score (nSPS) is 10.2. The first-order valence-corrected chi connectivity index (χ1v) is 5.07. The highest BCUT2D eigenvalue weighted by molar-refractivity contribution is 5.64. The van der Waals surface area contributed by atoms with Crippen LogP contribution in [-0.4, -0.2) is 32.4 Å². The van der Waals surface area contributed by atoms with Crippen molar-refractivity contribution in [1.82, 2.24) is 0 Å². The quantitative estimate of drug-likeness (QED) is 0.820. The molecule has 1 aromatic carbocycles. The Bertz CT molecular complexity index is 337. The fourth-order valence-electron chi connectivity index (χ4n) is 1.83. The zero-order valence-corrected chi connectivity index (χ0v) is 9.87. The van der Waals surface area contributed by atoms with Crippen LogP contribution in [0, 0.1) is 13.8 Å². The molecule has 3 nitrogen and oxygen atoms in total. The van der Waals surface area contributed by atoms with E-state index in [1.54, 1.807) is 7.11 Å². The van der Waals surface area contributed by atoms with Crippen molar-refractivity contribution >= 4 is 5.69 Å². The molecule has 0 unspecified atom stereocenters. The van der Waals surface area contributed by atoms with Crippen molar-refractivity contribution in [3.63, 3.8) is 0 Å². The predicted octanol–water partition coefficient (Wildman–Crippen LogP) is 1.74. The Balaban J connectivity index is 3.14. The number of aliphatic hydroxyl groups is 1. The van der Waals surface area contributed by atoms with Gasteiger partial charge in [-0.1, -0.05) is 6.07 Å². The van der Waals surface area contributed by atoms with Crippen LogP contribution in [0.3, 0.4) is 0 Å². The predicted molar refractivity (Wildman–Crippen MR) is 62.8 cm³/mol. The molecule has 15 heavy (non-hydrogen) atoms. The van der Waals surface area contributed by atoms with E-state index in [0.29, 0.717) is 6.54 Å². The average Bonchev–Trinajstić information content (AvgIpc) is 2.16. The summed E-state index contributed by atoms with van der Waals surface area (Å²) in [6.45, 7) is 4.86. The van der Waals surface area contributed by atoms with Crippen LogP contribution in [0.2, 0.25) is 0 Å². The molecule has 0 bridgehead atoms. The summed E-state index contributed by atoms with van der Waals surface area (Å²) in [5, 5.41) is 8.92. The van der Waals surface area contributed by atoms with E-state index in [2.05, 4.69) is 13.0 Å². The maximum Gasteiger partial charge on any atom is 0.142 e. The van der Waals surface area contributed by atoms with Crippen LogP contribution in [0.5, 0.6) is 5.75 Å². The topological polar surface area (TPSA) is 32.7 Å². The monoisotopic (exact) mass is 209 g/mol. The van der Waals surface area contributed by atoms with Crippen LogP contribution < -0.4 is 9.64 Å². The van der Waals surface area contributed by atoms with Gasteiger partial charge in [-0.25, -0.2) is 0 Å². The number of hydrogen-bond acceptors (Lipinski definition) is 3. The first kappa shape index (κ1) is 11.9. The summed E-state index contributed by atoms with van der Waals surface area (Å²) in [6, 6.07) is 4.13. The van der Waals surface area contributed by atoms with Gasteiger partial charge in [0, 0.05) is 13.6 Å². The number of anilines is 1. The van der Waals surface area contributed by atoms with E-state index < -0.39 is 0 Å². The van der Waals surface area contributed by atoms with Gasteiger partial charge in [0.05, 0.1) is 19.4 Å². The molecule has 0 aliphatic heterocycles. The van der Waals surface area contributed by atoms with Crippen molar-refractivity contribution < 1.29 is 9.84 Å². The molecule has 0 spiro atoms. The van der Waals surface area contributed by atoms with Crippen molar-refractivity contribution in [1.29, 1.82) is 0 Å². The Morgan fingerprint density at radius 1 is 1.33 bits per heavy atom. The van der Waals surface area contributed by atoms with Gasteiger partial charge in [-0.05, 0) is 31.0 Å². The van der Waals surface area contributed by atoms with Crippen LogP contribution in [0.1, 0.15) is 11.1 Å². The van der Waals surface area contributed by atoms with Gasteiger partial charge in [0.1, 0.15) is 5.75 Å². The number of rotatable bonds is 4. The molecular formula is C12H19NO2. The molecule has 0 aliphatic carbocycles. The number of likely N-dealkylation sites (N-methyl/N-ethyl adjacent to an activating group) is 1. The highest BCUT2D eigenvalue weighted by atomic mass is 16.5. The van der Waals surface area contributed by atoms with E-state index in [9.17, 15) is 0 Å². The van der Waals surface area contributed by atoms with Crippen molar-refractivity contribution in [2.75, 3.05) is 32.2 Å². The minimum absolute atomic E-state index is 0.146. The molecule has 0 heterocycles. The number of benzene rings is 1. The summed E-state index contributed by atoms with van der Waals surface area (Å²) in [4.78, 5) is 2.01. The highest BCUT2D eigenvalue weighted by Crippen LogP contribution is 2.32. The molecule has 0 saturated heterocycles. The Labute approximate surface area is 91.3 Å². The second-order valence-corrected chi connectivity index (χ2v) is 3.78. The van der Waals surface area contributed by atoms with Gasteiger partial charge in [0.25, 0.3) is 0 Å². The summed E-state index contributed by atoms with van der Waals surface area (Å²) in [7, 11) is 3.63. The smallest absolute Gasteiger partial charge is 0.142 e. The summed E-state index contributed by atoms with van der Waals surface area (Å²) >= 11 is 0. The van der Waals surface area contributed by atoms with Crippen molar-refractivity contribution in [2.45, 2.75) is 13.8 Å². The number of nitrogens with zero attached hydrogens (tertiary/aromatic N) is 1. The van der Waals surface area contributed by atoms with Crippen LogP contribution in [0.4, 0.5) is 5.69 Å². The Kier molecular flexibility index (Phi) is 3.97. The van der Waals surface area contributed by atoms with Gasteiger partial charge in [0.2, 0.25) is 0 Å². The molecule has 1 N–H and O–H groups in total. The maximum atomic E-state index is 8.92. The second kappa shape index (κ2) is 5.03. The Morgan fingerprint density at radius 3 is 2.53 bits per heavy atom. The van der Waals surface area contributed by atoms with Crippen LogP contribution in [-0.2, 0) is 0 Å². The third-order valence-electron chi connectivity index (χ3n) is 2.45. The molecule has 1 rings (SSSR count). The molecule has 3 heteroatoms.